The maximum absolute atomic E-state index is 16.5. The van der Waals surface area contributed by atoms with Crippen LogP contribution in [0.1, 0.15) is 90.0 Å². The minimum absolute atomic E-state index is 0.00373. The van der Waals surface area contributed by atoms with Crippen LogP contribution in [-0.2, 0) is 16.8 Å². The predicted molar refractivity (Wildman–Crippen MR) is 124 cm³/mol. The largest absolute Gasteiger partial charge is 0.297 e. The molecule has 0 saturated heterocycles. The van der Waals surface area contributed by atoms with E-state index in [0.717, 1.165) is 76.2 Å². The Labute approximate surface area is 197 Å². The summed E-state index contributed by atoms with van der Waals surface area (Å²) in [5.74, 6) is 2.43. The van der Waals surface area contributed by atoms with Crippen molar-refractivity contribution in [3.05, 3.63) is 18.0 Å². The standard InChI is InChI=1S/C28H38FN3O/c1-18-7-10-28(29)19(13-18)3-4-21-22-5-6-24(26(22,2)9-8-23(21)28)25(33)16-32-15-20(14-31-32)27(17-30)11-12-27/h14-15,18-19,21-24H,3-13,16H2,1-2H3/t18-,19+,21-,22?,23?,24+,26-,28+/m0/s1. The Hall–Kier alpha value is -1.70. The molecule has 5 aliphatic carbocycles. The summed E-state index contributed by atoms with van der Waals surface area (Å²) in [7, 11) is 0. The molecule has 1 heterocycles. The summed E-state index contributed by atoms with van der Waals surface area (Å²) in [6.07, 6.45) is 14.5. The quantitative estimate of drug-likeness (QED) is 0.564. The fourth-order valence-corrected chi connectivity index (χ4v) is 9.08. The molecule has 1 aromatic rings. The third-order valence-electron chi connectivity index (χ3n) is 11.1. The van der Waals surface area contributed by atoms with E-state index in [1.165, 1.54) is 0 Å². The summed E-state index contributed by atoms with van der Waals surface area (Å²) in [5.41, 5.74) is -0.351. The zero-order chi connectivity index (χ0) is 23.0. The zero-order valence-electron chi connectivity index (χ0n) is 20.2. The molecule has 5 saturated carbocycles. The second kappa shape index (κ2) is 7.40. The van der Waals surface area contributed by atoms with Crippen LogP contribution in [0.2, 0.25) is 0 Å². The van der Waals surface area contributed by atoms with Gasteiger partial charge < -0.3 is 0 Å². The Balaban J connectivity index is 1.18. The van der Waals surface area contributed by atoms with Crippen LogP contribution in [0.3, 0.4) is 0 Å². The van der Waals surface area contributed by atoms with Crippen LogP contribution in [-0.4, -0.2) is 21.2 Å². The number of aromatic nitrogens is 2. The summed E-state index contributed by atoms with van der Waals surface area (Å²) in [5, 5.41) is 13.9. The van der Waals surface area contributed by atoms with E-state index in [9.17, 15) is 10.1 Å². The van der Waals surface area contributed by atoms with Gasteiger partial charge in [-0.15, -0.1) is 0 Å². The van der Waals surface area contributed by atoms with E-state index in [2.05, 4.69) is 25.0 Å². The van der Waals surface area contributed by atoms with Crippen LogP contribution in [0.5, 0.6) is 0 Å². The molecular formula is C28H38FN3O. The molecule has 1 aromatic heterocycles. The Morgan fingerprint density at radius 1 is 1.15 bits per heavy atom. The summed E-state index contributed by atoms with van der Waals surface area (Å²) >= 11 is 0. The highest BCUT2D eigenvalue weighted by Gasteiger charge is 2.62. The van der Waals surface area contributed by atoms with Crippen LogP contribution in [0, 0.1) is 52.3 Å². The van der Waals surface area contributed by atoms with Crippen LogP contribution in [0.15, 0.2) is 12.4 Å². The molecule has 6 rings (SSSR count). The van der Waals surface area contributed by atoms with Gasteiger partial charge in [-0.05, 0) is 106 Å². The first kappa shape index (κ1) is 21.8. The van der Waals surface area contributed by atoms with Gasteiger partial charge in [0.15, 0.2) is 5.78 Å². The van der Waals surface area contributed by atoms with Crippen LogP contribution >= 0.6 is 0 Å². The monoisotopic (exact) mass is 451 g/mol. The van der Waals surface area contributed by atoms with Crippen molar-refractivity contribution in [2.75, 3.05) is 0 Å². The van der Waals surface area contributed by atoms with Crippen LogP contribution in [0.25, 0.3) is 0 Å². The van der Waals surface area contributed by atoms with E-state index >= 15 is 4.39 Å². The van der Waals surface area contributed by atoms with Gasteiger partial charge in [0.1, 0.15) is 5.67 Å². The molecule has 0 bridgehead atoms. The lowest BCUT2D eigenvalue weighted by atomic mass is 9.48. The van der Waals surface area contributed by atoms with Crippen molar-refractivity contribution >= 4 is 5.78 Å². The third kappa shape index (κ3) is 3.18. The molecule has 0 radical (unpaired) electrons. The molecule has 5 heteroatoms. The topological polar surface area (TPSA) is 58.7 Å². The van der Waals surface area contributed by atoms with Crippen molar-refractivity contribution in [3.8, 4) is 6.07 Å². The molecule has 0 spiro atoms. The molecule has 5 aliphatic rings. The maximum Gasteiger partial charge on any atom is 0.157 e. The van der Waals surface area contributed by atoms with E-state index < -0.39 is 5.67 Å². The summed E-state index contributed by atoms with van der Waals surface area (Å²) < 4.78 is 18.2. The van der Waals surface area contributed by atoms with Gasteiger partial charge in [0, 0.05) is 17.7 Å². The number of halogens is 1. The van der Waals surface area contributed by atoms with Gasteiger partial charge >= 0.3 is 0 Å². The molecular weight excluding hydrogens is 413 g/mol. The number of ketones is 1. The molecule has 178 valence electrons. The third-order valence-corrected chi connectivity index (χ3v) is 11.1. The number of hydrogen-bond acceptors (Lipinski definition) is 3. The van der Waals surface area contributed by atoms with Crippen molar-refractivity contribution in [1.29, 1.82) is 5.26 Å². The lowest BCUT2D eigenvalue weighted by Crippen LogP contribution is -2.56. The minimum atomic E-state index is -0.955. The number of Topliss-reactive ketones (excluding diaryl/α,β-unsaturated/α-hetero) is 1. The predicted octanol–water partition coefficient (Wildman–Crippen LogP) is 6.00. The Kier molecular flexibility index (Phi) is 4.89. The molecule has 0 aliphatic heterocycles. The summed E-state index contributed by atoms with van der Waals surface area (Å²) in [6.45, 7) is 4.94. The number of nitrogens with zero attached hydrogens (tertiary/aromatic N) is 3. The zero-order valence-corrected chi connectivity index (χ0v) is 20.2. The van der Waals surface area contributed by atoms with Gasteiger partial charge in [-0.2, -0.15) is 10.4 Å². The number of nitriles is 1. The van der Waals surface area contributed by atoms with Gasteiger partial charge in [0.25, 0.3) is 0 Å². The molecule has 5 fully saturated rings. The van der Waals surface area contributed by atoms with E-state index in [1.807, 2.05) is 6.20 Å². The highest BCUT2D eigenvalue weighted by atomic mass is 19.1. The molecule has 2 unspecified atom stereocenters. The van der Waals surface area contributed by atoms with Crippen molar-refractivity contribution in [2.45, 2.75) is 102 Å². The average molecular weight is 452 g/mol. The maximum atomic E-state index is 16.5. The van der Waals surface area contributed by atoms with Gasteiger partial charge in [-0.1, -0.05) is 13.8 Å². The van der Waals surface area contributed by atoms with E-state index in [1.54, 1.807) is 10.9 Å². The summed E-state index contributed by atoms with van der Waals surface area (Å²) in [6, 6.07) is 2.42. The normalized spacial score (nSPS) is 45.4. The smallest absolute Gasteiger partial charge is 0.157 e. The number of fused-ring (bicyclic) bond motifs is 5. The number of carbonyl (C=O) groups is 1. The molecule has 0 N–H and O–H groups in total. The SMILES string of the molecule is C[C@H]1CC[C@]2(F)C3CC[C@@]4(C)C(CC[C@@H]4C(=O)Cn4cc(C5(C#N)CC5)cn4)[C@@H]3CC[C@@H]2C1. The van der Waals surface area contributed by atoms with Gasteiger partial charge in [-0.25, -0.2) is 4.39 Å². The van der Waals surface area contributed by atoms with Gasteiger partial charge in [-0.3, -0.25) is 9.48 Å². The van der Waals surface area contributed by atoms with E-state index in [0.29, 0.717) is 24.3 Å². The molecule has 0 aromatic carbocycles. The second-order valence-corrected chi connectivity index (χ2v) is 12.7. The fourth-order valence-electron chi connectivity index (χ4n) is 9.08. The van der Waals surface area contributed by atoms with Crippen molar-refractivity contribution in [2.24, 2.45) is 40.9 Å². The Morgan fingerprint density at radius 2 is 1.97 bits per heavy atom. The average Bonchev–Trinajstić information content (AvgIpc) is 3.31. The minimum Gasteiger partial charge on any atom is -0.297 e. The number of carbonyl (C=O) groups excluding carboxylic acids is 1. The van der Waals surface area contributed by atoms with Crippen LogP contribution in [0.4, 0.5) is 4.39 Å². The first-order chi connectivity index (χ1) is 15.8. The van der Waals surface area contributed by atoms with Gasteiger partial charge in [0.05, 0.1) is 24.2 Å². The molecule has 8 atom stereocenters. The van der Waals surface area contributed by atoms with Crippen molar-refractivity contribution in [1.82, 2.24) is 9.78 Å². The second-order valence-electron chi connectivity index (χ2n) is 12.7. The van der Waals surface area contributed by atoms with Crippen LogP contribution < -0.4 is 0 Å². The summed E-state index contributed by atoms with van der Waals surface area (Å²) in [4.78, 5) is 13.5. The Bertz CT molecular complexity index is 992. The van der Waals surface area contributed by atoms with Crippen molar-refractivity contribution < 1.29 is 9.18 Å². The first-order valence-corrected chi connectivity index (χ1v) is 13.4. The van der Waals surface area contributed by atoms with Crippen molar-refractivity contribution in [3.63, 3.8) is 0 Å². The fraction of sp³-hybridized carbons (Fsp3) is 0.821. The highest BCUT2D eigenvalue weighted by molar-refractivity contribution is 5.82. The number of rotatable bonds is 4. The lowest BCUT2D eigenvalue weighted by molar-refractivity contribution is -0.146. The number of hydrogen-bond donors (Lipinski definition) is 0. The van der Waals surface area contributed by atoms with E-state index in [-0.39, 0.29) is 34.4 Å². The highest BCUT2D eigenvalue weighted by Crippen LogP contribution is 2.66. The molecule has 33 heavy (non-hydrogen) atoms. The number of alkyl halides is 1. The lowest BCUT2D eigenvalue weighted by Gasteiger charge is -2.58. The van der Waals surface area contributed by atoms with Gasteiger partial charge in [0.2, 0.25) is 0 Å². The molecule has 0 amide bonds. The Morgan fingerprint density at radius 3 is 2.73 bits per heavy atom. The molecule has 4 nitrogen and oxygen atoms in total. The first-order valence-electron chi connectivity index (χ1n) is 13.4. The van der Waals surface area contributed by atoms with E-state index in [4.69, 9.17) is 0 Å².